The molecule has 0 atom stereocenters. The van der Waals surface area contributed by atoms with Gasteiger partial charge in [-0.1, -0.05) is 146 Å². The first-order valence-corrected chi connectivity index (χ1v) is 17.6. The van der Waals surface area contributed by atoms with Crippen LogP contribution in [0.1, 0.15) is 22.3 Å². The topological polar surface area (TPSA) is 22.8 Å². The number of pyridine rings is 1. The fourth-order valence-electron chi connectivity index (χ4n) is 9.04. The van der Waals surface area contributed by atoms with Crippen molar-refractivity contribution in [2.75, 3.05) is 0 Å². The van der Waals surface area contributed by atoms with E-state index in [0.717, 1.165) is 44.3 Å². The van der Waals surface area contributed by atoms with Gasteiger partial charge in [-0.15, -0.1) is 0 Å². The van der Waals surface area contributed by atoms with Gasteiger partial charge in [0.1, 0.15) is 0 Å². The molecule has 0 radical (unpaired) electrons. The van der Waals surface area contributed by atoms with E-state index in [9.17, 15) is 0 Å². The fourth-order valence-corrected chi connectivity index (χ4v) is 9.04. The van der Waals surface area contributed by atoms with Crippen molar-refractivity contribution < 1.29 is 0 Å². The highest BCUT2D eigenvalue weighted by Gasteiger charge is 2.46. The summed E-state index contributed by atoms with van der Waals surface area (Å²) >= 11 is 0. The van der Waals surface area contributed by atoms with E-state index in [1.165, 1.54) is 44.2 Å². The van der Waals surface area contributed by atoms with Crippen LogP contribution >= 0.6 is 0 Å². The van der Waals surface area contributed by atoms with Gasteiger partial charge in [0.25, 0.3) is 0 Å². The molecular formula is C48H31N3. The van der Waals surface area contributed by atoms with Gasteiger partial charge in [0.05, 0.1) is 39.2 Å². The number of para-hydroxylation sites is 3. The molecule has 3 nitrogen and oxygen atoms in total. The van der Waals surface area contributed by atoms with Gasteiger partial charge in [0.2, 0.25) is 0 Å². The maximum absolute atomic E-state index is 5.25. The molecule has 10 aromatic rings. The minimum absolute atomic E-state index is 0.478. The monoisotopic (exact) mass is 649 g/mol. The van der Waals surface area contributed by atoms with E-state index < -0.39 is 5.41 Å². The Morgan fingerprint density at radius 3 is 1.71 bits per heavy atom. The quantitative estimate of drug-likeness (QED) is 0.186. The van der Waals surface area contributed by atoms with E-state index in [1.54, 1.807) is 0 Å². The molecule has 1 aliphatic carbocycles. The number of benzene rings is 7. The van der Waals surface area contributed by atoms with Crippen LogP contribution in [-0.4, -0.2) is 14.1 Å². The maximum atomic E-state index is 5.25. The smallest absolute Gasteiger partial charge is 0.0971 e. The third-order valence-corrected chi connectivity index (χ3v) is 11.0. The second-order valence-electron chi connectivity index (χ2n) is 13.5. The largest absolute Gasteiger partial charge is 0.308 e. The average molecular weight is 650 g/mol. The summed E-state index contributed by atoms with van der Waals surface area (Å²) in [6.07, 6.45) is 2.09. The first kappa shape index (κ1) is 28.2. The zero-order valence-electron chi connectivity index (χ0n) is 27.7. The lowest BCUT2D eigenvalue weighted by atomic mass is 9.67. The molecule has 51 heavy (non-hydrogen) atoms. The molecule has 0 saturated carbocycles. The Bertz CT molecular complexity index is 2910. The van der Waals surface area contributed by atoms with Gasteiger partial charge >= 0.3 is 0 Å². The summed E-state index contributed by atoms with van der Waals surface area (Å²) in [4.78, 5) is 5.25. The Morgan fingerprint density at radius 1 is 0.412 bits per heavy atom. The molecule has 0 spiro atoms. The van der Waals surface area contributed by atoms with Gasteiger partial charge in [-0.05, 0) is 69.8 Å². The zero-order chi connectivity index (χ0) is 33.5. The van der Waals surface area contributed by atoms with E-state index in [2.05, 4.69) is 197 Å². The third-order valence-electron chi connectivity index (χ3n) is 11.0. The Labute approximate surface area is 295 Å². The van der Waals surface area contributed by atoms with Crippen molar-refractivity contribution in [3.05, 3.63) is 210 Å². The standard InChI is InChI=1S/C48H31N3/c1-4-16-32(17-5-1)48(33-18-6-2-7-19-33)40-25-13-10-22-36(40)37-29-28-35(30-41(37)48)50-42-26-14-11-23-38(42)45-44(50)31-49-46-39-24-12-15-27-43(39)51(47(45)46)34-20-8-3-9-21-34/h1-31H. The van der Waals surface area contributed by atoms with Crippen LogP contribution in [-0.2, 0) is 5.41 Å². The van der Waals surface area contributed by atoms with Gasteiger partial charge in [0.15, 0.2) is 0 Å². The van der Waals surface area contributed by atoms with Crippen molar-refractivity contribution in [1.82, 2.24) is 14.1 Å². The molecule has 3 aromatic heterocycles. The number of fused-ring (bicyclic) bond motifs is 10. The molecule has 0 aliphatic heterocycles. The maximum Gasteiger partial charge on any atom is 0.0971 e. The molecule has 238 valence electrons. The molecule has 0 saturated heterocycles. The lowest BCUT2D eigenvalue weighted by molar-refractivity contribution is 0.767. The summed E-state index contributed by atoms with van der Waals surface area (Å²) in [6.45, 7) is 0. The van der Waals surface area contributed by atoms with Crippen molar-refractivity contribution in [3.63, 3.8) is 0 Å². The minimum atomic E-state index is -0.478. The summed E-state index contributed by atoms with van der Waals surface area (Å²) < 4.78 is 4.82. The number of nitrogens with zero attached hydrogens (tertiary/aromatic N) is 3. The van der Waals surface area contributed by atoms with Gasteiger partial charge in [-0.25, -0.2) is 0 Å². The second-order valence-corrected chi connectivity index (χ2v) is 13.5. The SMILES string of the molecule is c1ccc(-n2c3ccccc3c3ncc4c(c5ccccc5n4-c4ccc5c(c4)C(c4ccccc4)(c4ccccc4)c4ccccc4-5)c32)cc1. The predicted octanol–water partition coefficient (Wildman–Crippen LogP) is 11.6. The molecule has 3 heteroatoms. The summed E-state index contributed by atoms with van der Waals surface area (Å²) in [5.41, 5.74) is 15.0. The van der Waals surface area contributed by atoms with Crippen molar-refractivity contribution in [3.8, 4) is 22.5 Å². The molecule has 0 bridgehead atoms. The fraction of sp³-hybridized carbons (Fsp3) is 0.0208. The Morgan fingerprint density at radius 2 is 0.980 bits per heavy atom. The van der Waals surface area contributed by atoms with Crippen molar-refractivity contribution in [2.24, 2.45) is 0 Å². The molecule has 0 N–H and O–H groups in total. The van der Waals surface area contributed by atoms with Gasteiger partial charge in [0, 0.05) is 27.5 Å². The summed E-state index contributed by atoms with van der Waals surface area (Å²) in [7, 11) is 0. The highest BCUT2D eigenvalue weighted by Crippen LogP contribution is 2.56. The molecule has 0 fully saturated rings. The molecule has 7 aromatic carbocycles. The third kappa shape index (κ3) is 3.75. The van der Waals surface area contributed by atoms with Crippen molar-refractivity contribution in [1.29, 1.82) is 0 Å². The normalized spacial score (nSPS) is 13.3. The Kier molecular flexibility index (Phi) is 5.88. The first-order chi connectivity index (χ1) is 25.3. The van der Waals surface area contributed by atoms with Crippen LogP contribution in [0, 0.1) is 0 Å². The van der Waals surface area contributed by atoms with E-state index in [1.807, 2.05) is 0 Å². The Balaban J connectivity index is 1.27. The average Bonchev–Trinajstić information content (AvgIpc) is 3.83. The molecule has 1 aliphatic rings. The highest BCUT2D eigenvalue weighted by molar-refractivity contribution is 6.24. The lowest BCUT2D eigenvalue weighted by Gasteiger charge is -2.34. The van der Waals surface area contributed by atoms with Crippen LogP contribution in [0.3, 0.4) is 0 Å². The predicted molar refractivity (Wildman–Crippen MR) is 210 cm³/mol. The highest BCUT2D eigenvalue weighted by atomic mass is 15.0. The van der Waals surface area contributed by atoms with Gasteiger partial charge in [-0.2, -0.15) is 0 Å². The zero-order valence-corrected chi connectivity index (χ0v) is 27.7. The van der Waals surface area contributed by atoms with Crippen LogP contribution in [0.4, 0.5) is 0 Å². The van der Waals surface area contributed by atoms with Crippen LogP contribution in [0.15, 0.2) is 188 Å². The Hall–Kier alpha value is -6.71. The molecule has 11 rings (SSSR count). The second kappa shape index (κ2) is 10.6. The summed E-state index contributed by atoms with van der Waals surface area (Å²) in [5, 5.41) is 3.57. The van der Waals surface area contributed by atoms with E-state index in [-0.39, 0.29) is 0 Å². The first-order valence-electron chi connectivity index (χ1n) is 17.6. The van der Waals surface area contributed by atoms with Crippen molar-refractivity contribution in [2.45, 2.75) is 5.41 Å². The van der Waals surface area contributed by atoms with Crippen LogP contribution in [0.5, 0.6) is 0 Å². The number of hydrogen-bond donors (Lipinski definition) is 0. The molecule has 3 heterocycles. The summed E-state index contributed by atoms with van der Waals surface area (Å²) in [6, 6.07) is 66.2. The van der Waals surface area contributed by atoms with E-state index >= 15 is 0 Å². The van der Waals surface area contributed by atoms with Crippen LogP contribution < -0.4 is 0 Å². The van der Waals surface area contributed by atoms with Crippen LogP contribution in [0.2, 0.25) is 0 Å². The van der Waals surface area contributed by atoms with Gasteiger partial charge < -0.3 is 9.13 Å². The van der Waals surface area contributed by atoms with E-state index in [0.29, 0.717) is 0 Å². The number of rotatable bonds is 4. The lowest BCUT2D eigenvalue weighted by Crippen LogP contribution is -2.28. The minimum Gasteiger partial charge on any atom is -0.308 e. The number of aromatic nitrogens is 3. The van der Waals surface area contributed by atoms with Crippen molar-refractivity contribution >= 4 is 43.7 Å². The molecule has 0 unspecified atom stereocenters. The molecular weight excluding hydrogens is 619 g/mol. The molecule has 0 amide bonds. The van der Waals surface area contributed by atoms with E-state index in [4.69, 9.17) is 4.98 Å². The number of hydrogen-bond acceptors (Lipinski definition) is 1. The van der Waals surface area contributed by atoms with Crippen LogP contribution in [0.25, 0.3) is 66.2 Å². The van der Waals surface area contributed by atoms with Gasteiger partial charge in [-0.3, -0.25) is 4.98 Å². The summed E-state index contributed by atoms with van der Waals surface area (Å²) in [5.74, 6) is 0.